The van der Waals surface area contributed by atoms with E-state index >= 15 is 0 Å². The minimum atomic E-state index is -5.00. The van der Waals surface area contributed by atoms with E-state index in [0.29, 0.717) is 25.8 Å². The van der Waals surface area contributed by atoms with Crippen molar-refractivity contribution in [1.29, 1.82) is 0 Å². The highest BCUT2D eigenvalue weighted by Gasteiger charge is 2.45. The molecule has 0 unspecified atom stereocenters. The Morgan fingerprint density at radius 2 is 1.86 bits per heavy atom. The van der Waals surface area contributed by atoms with Gasteiger partial charge in [-0.1, -0.05) is 58.8 Å². The molecule has 4 aromatic rings. The quantitative estimate of drug-likeness (QED) is 0.142. The van der Waals surface area contributed by atoms with Gasteiger partial charge < -0.3 is 9.47 Å². The van der Waals surface area contributed by atoms with Crippen molar-refractivity contribution >= 4 is 85.1 Å². The minimum Gasteiger partial charge on any atom is -0.487 e. The van der Waals surface area contributed by atoms with Crippen molar-refractivity contribution in [3.8, 4) is 5.75 Å². The van der Waals surface area contributed by atoms with Gasteiger partial charge in [0.05, 0.1) is 30.8 Å². The number of hydrogen-bond donors (Lipinski definition) is 0. The normalized spacial score (nSPS) is 15.2. The molecule has 0 saturated carbocycles. The lowest BCUT2D eigenvalue weighted by atomic mass is 9.95. The number of benzene rings is 3. The molecule has 0 aliphatic carbocycles. The summed E-state index contributed by atoms with van der Waals surface area (Å²) in [6.07, 6.45) is -3.44. The summed E-state index contributed by atoms with van der Waals surface area (Å²) in [4.78, 5) is 30.4. The van der Waals surface area contributed by atoms with Crippen LogP contribution in [0.3, 0.4) is 0 Å². The third-order valence-corrected chi connectivity index (χ3v) is 9.23. The van der Waals surface area contributed by atoms with Crippen LogP contribution in [0.1, 0.15) is 29.7 Å². The molecule has 1 aliphatic heterocycles. The number of carbonyl (C=O) groups is 1. The maximum absolute atomic E-state index is 14.3. The maximum Gasteiger partial charge on any atom is 0.434 e. The standard InChI is InChI=1S/C30H19BrCl2F3IN2O4S/c1-2-42-28(41)23-24(17-6-8-18(32)9-7-17)39-27(40)22(44-29(39)38-26(23)30(34,35)36)13-16-11-20(31)25(21(37)12-16)43-14-15-4-3-5-19(33)10-15/h3-13,24H,2,14H2,1H3/b22-13-/t24-/m0/s1. The fraction of sp³-hybridized carbons (Fsp3) is 0.167. The van der Waals surface area contributed by atoms with Gasteiger partial charge in [0.25, 0.3) is 5.56 Å². The number of thiazole rings is 1. The van der Waals surface area contributed by atoms with E-state index in [4.69, 9.17) is 32.7 Å². The molecule has 0 spiro atoms. The van der Waals surface area contributed by atoms with Crippen LogP contribution in [-0.4, -0.2) is 23.3 Å². The Bertz CT molecular complexity index is 1950. The molecule has 0 N–H and O–H groups in total. The summed E-state index contributed by atoms with van der Waals surface area (Å²) >= 11 is 18.5. The van der Waals surface area contributed by atoms with Gasteiger partial charge in [-0.2, -0.15) is 13.2 Å². The Morgan fingerprint density at radius 3 is 2.50 bits per heavy atom. The Balaban J connectivity index is 1.62. The van der Waals surface area contributed by atoms with Crippen molar-refractivity contribution in [3.05, 3.63) is 126 Å². The largest absolute Gasteiger partial charge is 0.487 e. The van der Waals surface area contributed by atoms with Gasteiger partial charge in [-0.15, -0.1) is 0 Å². The zero-order valence-electron chi connectivity index (χ0n) is 22.4. The molecular weight excluding hydrogens is 819 g/mol. The average molecular weight is 838 g/mol. The van der Waals surface area contributed by atoms with Crippen LogP contribution in [0.5, 0.6) is 5.75 Å². The molecule has 0 saturated heterocycles. The number of ether oxygens (including phenoxy) is 2. The van der Waals surface area contributed by atoms with Crippen LogP contribution < -0.4 is 19.6 Å². The van der Waals surface area contributed by atoms with Gasteiger partial charge in [-0.25, -0.2) is 9.79 Å². The summed E-state index contributed by atoms with van der Waals surface area (Å²) in [5.41, 5.74) is -1.11. The third kappa shape index (κ3) is 6.94. The summed E-state index contributed by atoms with van der Waals surface area (Å²) in [6.45, 7) is 1.57. The Labute approximate surface area is 284 Å². The summed E-state index contributed by atoms with van der Waals surface area (Å²) in [5.74, 6) is -0.648. The predicted molar refractivity (Wildman–Crippen MR) is 175 cm³/mol. The molecule has 14 heteroatoms. The number of carbonyl (C=O) groups excluding carboxylic acids is 1. The number of esters is 1. The van der Waals surface area contributed by atoms with Gasteiger partial charge in [0.1, 0.15) is 12.4 Å². The number of allylic oxidation sites excluding steroid dienone is 1. The molecule has 0 fully saturated rings. The first kappa shape index (κ1) is 32.7. The Morgan fingerprint density at radius 1 is 1.14 bits per heavy atom. The maximum atomic E-state index is 14.3. The molecule has 2 heterocycles. The number of nitrogens with zero attached hydrogens (tertiary/aromatic N) is 2. The van der Waals surface area contributed by atoms with Crippen molar-refractivity contribution in [2.45, 2.75) is 25.7 Å². The Kier molecular flexibility index (Phi) is 9.95. The number of aromatic nitrogens is 1. The zero-order valence-corrected chi connectivity index (χ0v) is 28.5. The van der Waals surface area contributed by atoms with Crippen LogP contribution in [-0.2, 0) is 16.1 Å². The van der Waals surface area contributed by atoms with Crippen molar-refractivity contribution in [2.24, 2.45) is 4.99 Å². The van der Waals surface area contributed by atoms with E-state index in [9.17, 15) is 22.8 Å². The fourth-order valence-electron chi connectivity index (χ4n) is 4.54. The number of hydrogen-bond acceptors (Lipinski definition) is 6. The van der Waals surface area contributed by atoms with Crippen LogP contribution in [0.4, 0.5) is 13.2 Å². The molecule has 44 heavy (non-hydrogen) atoms. The predicted octanol–water partition coefficient (Wildman–Crippen LogP) is 7.59. The van der Waals surface area contributed by atoms with Crippen molar-refractivity contribution < 1.29 is 27.4 Å². The van der Waals surface area contributed by atoms with Crippen molar-refractivity contribution in [1.82, 2.24) is 4.57 Å². The van der Waals surface area contributed by atoms with E-state index in [1.165, 1.54) is 31.2 Å². The second kappa shape index (κ2) is 13.4. The van der Waals surface area contributed by atoms with Gasteiger partial charge in [0.2, 0.25) is 0 Å². The van der Waals surface area contributed by atoms with E-state index in [1.54, 1.807) is 30.3 Å². The van der Waals surface area contributed by atoms with E-state index < -0.39 is 35.0 Å². The number of alkyl halides is 3. The highest BCUT2D eigenvalue weighted by Crippen LogP contribution is 2.39. The molecule has 228 valence electrons. The first-order valence-corrected chi connectivity index (χ1v) is 16.2. The second-order valence-corrected chi connectivity index (χ2v) is 13.2. The number of rotatable bonds is 7. The van der Waals surface area contributed by atoms with E-state index in [1.807, 2.05) is 12.1 Å². The van der Waals surface area contributed by atoms with Gasteiger partial charge in [0.15, 0.2) is 10.5 Å². The lowest BCUT2D eigenvalue weighted by molar-refractivity contribution is -0.140. The second-order valence-electron chi connectivity index (χ2n) is 9.35. The average Bonchev–Trinajstić information content (AvgIpc) is 3.26. The van der Waals surface area contributed by atoms with Crippen molar-refractivity contribution in [3.63, 3.8) is 0 Å². The van der Waals surface area contributed by atoms with Gasteiger partial charge in [0, 0.05) is 10.0 Å². The van der Waals surface area contributed by atoms with Crippen LogP contribution in [0.2, 0.25) is 10.0 Å². The van der Waals surface area contributed by atoms with Gasteiger partial charge >= 0.3 is 12.1 Å². The SMILES string of the molecule is CCOC(=O)C1=C(C(F)(F)F)N=c2s/c(=C\c3cc(Br)c(OCc4cccc(Cl)c4)c(I)c3)c(=O)n2[C@H]1c1ccc(Cl)cc1. The first-order chi connectivity index (χ1) is 20.9. The molecule has 5 rings (SSSR count). The van der Waals surface area contributed by atoms with Crippen molar-refractivity contribution in [2.75, 3.05) is 6.61 Å². The highest BCUT2D eigenvalue weighted by atomic mass is 127. The summed E-state index contributed by atoms with van der Waals surface area (Å²) in [5, 5.41) is 0.922. The summed E-state index contributed by atoms with van der Waals surface area (Å²) in [7, 11) is 0. The lowest BCUT2D eigenvalue weighted by Gasteiger charge is -2.26. The van der Waals surface area contributed by atoms with E-state index in [0.717, 1.165) is 25.0 Å². The first-order valence-electron chi connectivity index (χ1n) is 12.8. The third-order valence-electron chi connectivity index (χ3n) is 6.37. The molecule has 1 atom stereocenters. The fourth-order valence-corrected chi connectivity index (χ4v) is 7.64. The van der Waals surface area contributed by atoms with Crippen LogP contribution >= 0.6 is 73.1 Å². The molecule has 3 aromatic carbocycles. The van der Waals surface area contributed by atoms with Gasteiger partial charge in [-0.3, -0.25) is 9.36 Å². The zero-order chi connectivity index (χ0) is 31.8. The number of halogens is 7. The molecule has 1 aliphatic rings. The van der Waals surface area contributed by atoms with Gasteiger partial charge in [-0.05, 0) is 105 Å². The highest BCUT2D eigenvalue weighted by molar-refractivity contribution is 14.1. The molecular formula is C30H19BrCl2F3IN2O4S. The lowest BCUT2D eigenvalue weighted by Crippen LogP contribution is -2.41. The Hall–Kier alpha value is -2.65. The summed E-state index contributed by atoms with van der Waals surface area (Å²) < 4.78 is 56.5. The topological polar surface area (TPSA) is 69.9 Å². The van der Waals surface area contributed by atoms with E-state index in [-0.39, 0.29) is 28.1 Å². The van der Waals surface area contributed by atoms with Crippen LogP contribution in [0, 0.1) is 3.57 Å². The molecule has 6 nitrogen and oxygen atoms in total. The minimum absolute atomic E-state index is 0.115. The van der Waals surface area contributed by atoms with E-state index in [2.05, 4.69) is 43.5 Å². The van der Waals surface area contributed by atoms with Crippen LogP contribution in [0.25, 0.3) is 6.08 Å². The molecule has 0 bridgehead atoms. The molecule has 1 aromatic heterocycles. The molecule has 0 radical (unpaired) electrons. The monoisotopic (exact) mass is 836 g/mol. The molecule has 0 amide bonds. The smallest absolute Gasteiger partial charge is 0.434 e. The number of fused-ring (bicyclic) bond motifs is 1. The van der Waals surface area contributed by atoms with Crippen LogP contribution in [0.15, 0.2) is 86.2 Å². The summed E-state index contributed by atoms with van der Waals surface area (Å²) in [6, 6.07) is 15.2.